The molecule has 1 fully saturated rings. The first kappa shape index (κ1) is 26.2. The minimum atomic E-state index is -0.529. The Morgan fingerprint density at radius 1 is 1.15 bits per heavy atom. The predicted octanol–water partition coefficient (Wildman–Crippen LogP) is 3.91. The number of pyridine rings is 1. The minimum absolute atomic E-state index is 0.204. The van der Waals surface area contributed by atoms with Crippen LogP contribution in [0.3, 0.4) is 0 Å². The molecule has 2 N–H and O–H groups in total. The lowest BCUT2D eigenvalue weighted by atomic mass is 9.95. The van der Waals surface area contributed by atoms with E-state index >= 15 is 4.39 Å². The molecule has 1 atom stereocenters. The maximum Gasteiger partial charge on any atom is 0.241 e. The fourth-order valence-corrected chi connectivity index (χ4v) is 6.23. The van der Waals surface area contributed by atoms with Crippen LogP contribution in [0.1, 0.15) is 25.1 Å². The molecule has 4 heterocycles. The average Bonchev–Trinajstić information content (AvgIpc) is 3.54. The number of rotatable bonds is 6. The molecule has 0 spiro atoms. The Kier molecular flexibility index (Phi) is 7.13. The number of benzene rings is 1. The Labute approximate surface area is 234 Å². The van der Waals surface area contributed by atoms with Crippen LogP contribution >= 0.6 is 11.3 Å². The van der Waals surface area contributed by atoms with Gasteiger partial charge in [-0.3, -0.25) is 19.5 Å². The highest BCUT2D eigenvalue weighted by atomic mass is 32.1. The lowest BCUT2D eigenvalue weighted by Gasteiger charge is -2.31. The highest BCUT2D eigenvalue weighted by Crippen LogP contribution is 2.44. The molecule has 1 saturated heterocycles. The Bertz CT molecular complexity index is 1580. The number of hydrogen-bond acceptors (Lipinski definition) is 8. The molecule has 0 bridgehead atoms. The van der Waals surface area contributed by atoms with Gasteiger partial charge in [0.05, 0.1) is 41.2 Å². The van der Waals surface area contributed by atoms with Gasteiger partial charge in [0, 0.05) is 49.2 Å². The molecule has 2 amide bonds. The van der Waals surface area contributed by atoms with Crippen LogP contribution in [0, 0.1) is 5.82 Å². The van der Waals surface area contributed by atoms with E-state index in [0.717, 1.165) is 33.1 Å². The topological polar surface area (TPSA) is 114 Å². The van der Waals surface area contributed by atoms with E-state index < -0.39 is 5.82 Å². The number of aryl methyl sites for hydroxylation is 1. The number of anilines is 2. The summed E-state index contributed by atoms with van der Waals surface area (Å²) in [4.78, 5) is 36.3. The Morgan fingerprint density at radius 2 is 1.98 bits per heavy atom. The van der Waals surface area contributed by atoms with Crippen molar-refractivity contribution in [3.8, 4) is 27.5 Å². The van der Waals surface area contributed by atoms with Crippen molar-refractivity contribution in [2.45, 2.75) is 32.7 Å². The second kappa shape index (κ2) is 10.9. The van der Waals surface area contributed by atoms with Crippen LogP contribution in [0.2, 0.25) is 0 Å². The zero-order chi connectivity index (χ0) is 27.8. The van der Waals surface area contributed by atoms with Crippen LogP contribution in [-0.2, 0) is 27.2 Å². The van der Waals surface area contributed by atoms with Gasteiger partial charge in [0.15, 0.2) is 10.9 Å². The second-order valence-electron chi connectivity index (χ2n) is 9.79. The Balaban J connectivity index is 1.37. The zero-order valence-electron chi connectivity index (χ0n) is 22.1. The van der Waals surface area contributed by atoms with E-state index in [1.165, 1.54) is 24.3 Å². The minimum Gasteiger partial charge on any atom is -0.379 e. The van der Waals surface area contributed by atoms with Crippen molar-refractivity contribution >= 4 is 34.0 Å². The van der Waals surface area contributed by atoms with Gasteiger partial charge in [-0.05, 0) is 50.1 Å². The molecule has 0 saturated carbocycles. The molecule has 10 nitrogen and oxygen atoms in total. The summed E-state index contributed by atoms with van der Waals surface area (Å²) in [6, 6.07) is 8.01. The van der Waals surface area contributed by atoms with Gasteiger partial charge in [-0.1, -0.05) is 11.3 Å². The van der Waals surface area contributed by atoms with Gasteiger partial charge in [-0.15, -0.1) is 0 Å². The maximum atomic E-state index is 15.8. The van der Waals surface area contributed by atoms with E-state index in [2.05, 4.69) is 20.6 Å². The standard InChI is InChI=1S/C28H28FN7O3S/c1-16(35-10-12-39-13-11-35)27(38)32-19-5-8-23(21(29)14-19)36-25-20(24(34-36)18-4-3-9-30-15-18)6-7-22-26(25)40-28(33-22)31-17(2)37/h3-5,8-9,14-16H,6-7,10-13H2,1-2H3,(H,32,38)(H,31,33,37). The fourth-order valence-electron chi connectivity index (χ4n) is 5.12. The van der Waals surface area contributed by atoms with Crippen LogP contribution in [-0.4, -0.2) is 68.8 Å². The summed E-state index contributed by atoms with van der Waals surface area (Å²) in [6.07, 6.45) is 4.76. The van der Waals surface area contributed by atoms with Crippen LogP contribution in [0.5, 0.6) is 0 Å². The number of carbonyl (C=O) groups is 2. The predicted molar refractivity (Wildman–Crippen MR) is 150 cm³/mol. The van der Waals surface area contributed by atoms with Crippen molar-refractivity contribution in [3.63, 3.8) is 0 Å². The van der Waals surface area contributed by atoms with E-state index in [9.17, 15) is 9.59 Å². The number of hydrogen-bond donors (Lipinski definition) is 2. The molecule has 1 aliphatic heterocycles. The Morgan fingerprint density at radius 3 is 2.70 bits per heavy atom. The molecule has 12 heteroatoms. The van der Waals surface area contributed by atoms with Crippen molar-refractivity contribution in [2.24, 2.45) is 0 Å². The van der Waals surface area contributed by atoms with Crippen LogP contribution in [0.4, 0.5) is 15.2 Å². The van der Waals surface area contributed by atoms with E-state index in [0.29, 0.717) is 50.0 Å². The summed E-state index contributed by atoms with van der Waals surface area (Å²) in [5.41, 5.74) is 4.70. The number of morpholine rings is 1. The molecule has 0 radical (unpaired) electrons. The van der Waals surface area contributed by atoms with Gasteiger partial charge < -0.3 is 15.4 Å². The summed E-state index contributed by atoms with van der Waals surface area (Å²) in [5.74, 6) is -0.940. The third-order valence-corrected chi connectivity index (χ3v) is 8.16. The number of ether oxygens (including phenoxy) is 1. The molecule has 2 aliphatic rings. The van der Waals surface area contributed by atoms with Gasteiger partial charge in [-0.25, -0.2) is 14.1 Å². The first-order valence-electron chi connectivity index (χ1n) is 13.1. The van der Waals surface area contributed by atoms with E-state index in [1.54, 1.807) is 29.2 Å². The molecular formula is C28H28FN7O3S. The van der Waals surface area contributed by atoms with Crippen molar-refractivity contribution in [3.05, 3.63) is 59.8 Å². The molecule has 1 unspecified atom stereocenters. The lowest BCUT2D eigenvalue weighted by Crippen LogP contribution is -2.47. The molecule has 40 heavy (non-hydrogen) atoms. The highest BCUT2D eigenvalue weighted by molar-refractivity contribution is 7.19. The number of halogens is 1. The SMILES string of the molecule is CC(=O)Nc1nc2c(s1)-c1c(c(-c3cccnc3)nn1-c1ccc(NC(=O)C(C)N3CCOCC3)cc1F)CC2. The number of thiazole rings is 1. The van der Waals surface area contributed by atoms with Crippen molar-refractivity contribution < 1.29 is 18.7 Å². The lowest BCUT2D eigenvalue weighted by molar-refractivity contribution is -0.122. The number of nitrogens with one attached hydrogen (secondary N) is 2. The molecule has 6 rings (SSSR count). The molecule has 4 aromatic rings. The van der Waals surface area contributed by atoms with E-state index in [-0.39, 0.29) is 23.5 Å². The number of aromatic nitrogens is 4. The number of amides is 2. The molecule has 1 aromatic carbocycles. The van der Waals surface area contributed by atoms with Gasteiger partial charge in [0.25, 0.3) is 0 Å². The van der Waals surface area contributed by atoms with Crippen LogP contribution < -0.4 is 10.6 Å². The monoisotopic (exact) mass is 561 g/mol. The molecule has 3 aromatic heterocycles. The van der Waals surface area contributed by atoms with E-state index in [1.807, 2.05) is 24.0 Å². The fraction of sp³-hybridized carbons (Fsp3) is 0.321. The van der Waals surface area contributed by atoms with Gasteiger partial charge in [0.1, 0.15) is 5.69 Å². The third-order valence-electron chi connectivity index (χ3n) is 7.14. The first-order chi connectivity index (χ1) is 19.4. The molecule has 1 aliphatic carbocycles. The Hall–Kier alpha value is -4.00. The largest absolute Gasteiger partial charge is 0.379 e. The van der Waals surface area contributed by atoms with Crippen molar-refractivity contribution in [1.82, 2.24) is 24.6 Å². The highest BCUT2D eigenvalue weighted by Gasteiger charge is 2.31. The number of nitrogens with zero attached hydrogens (tertiary/aromatic N) is 5. The summed E-state index contributed by atoms with van der Waals surface area (Å²) in [5, 5.41) is 11.0. The van der Waals surface area contributed by atoms with Crippen LogP contribution in [0.25, 0.3) is 27.5 Å². The second-order valence-corrected chi connectivity index (χ2v) is 10.8. The quantitative estimate of drug-likeness (QED) is 0.367. The molecular weight excluding hydrogens is 533 g/mol. The van der Waals surface area contributed by atoms with Gasteiger partial charge in [0.2, 0.25) is 11.8 Å². The van der Waals surface area contributed by atoms with E-state index in [4.69, 9.17) is 9.84 Å². The summed E-state index contributed by atoms with van der Waals surface area (Å²) < 4.78 is 22.7. The van der Waals surface area contributed by atoms with Gasteiger partial charge in [-0.2, -0.15) is 5.10 Å². The number of fused-ring (bicyclic) bond motifs is 3. The normalized spacial score (nSPS) is 15.7. The smallest absolute Gasteiger partial charge is 0.241 e. The van der Waals surface area contributed by atoms with Crippen molar-refractivity contribution in [1.29, 1.82) is 0 Å². The summed E-state index contributed by atoms with van der Waals surface area (Å²) in [7, 11) is 0. The van der Waals surface area contributed by atoms with Crippen LogP contribution in [0.15, 0.2) is 42.7 Å². The summed E-state index contributed by atoms with van der Waals surface area (Å²) in [6.45, 7) is 5.80. The number of carbonyl (C=O) groups excluding carboxylic acids is 2. The zero-order valence-corrected chi connectivity index (χ0v) is 22.9. The first-order valence-corrected chi connectivity index (χ1v) is 13.9. The maximum absolute atomic E-state index is 15.8. The third kappa shape index (κ3) is 5.01. The van der Waals surface area contributed by atoms with Gasteiger partial charge >= 0.3 is 0 Å². The van der Waals surface area contributed by atoms with Crippen molar-refractivity contribution in [2.75, 3.05) is 36.9 Å². The molecule has 206 valence electrons. The summed E-state index contributed by atoms with van der Waals surface area (Å²) >= 11 is 1.35. The average molecular weight is 562 g/mol.